The van der Waals surface area contributed by atoms with Crippen LogP contribution in [0.5, 0.6) is 0 Å². The van der Waals surface area contributed by atoms with Crippen LogP contribution in [0.2, 0.25) is 0 Å². The summed E-state index contributed by atoms with van der Waals surface area (Å²) in [5.41, 5.74) is 1.77. The smallest absolute Gasteiger partial charge is 0.128 e. The number of nitrogens with one attached hydrogen (secondary N) is 1. The molecule has 0 aromatic carbocycles. The second-order valence-electron chi connectivity index (χ2n) is 4.92. The van der Waals surface area contributed by atoms with E-state index in [0.29, 0.717) is 0 Å². The van der Waals surface area contributed by atoms with Gasteiger partial charge in [-0.25, -0.2) is 9.97 Å². The Bertz CT molecular complexity index is 474. The van der Waals surface area contributed by atoms with Gasteiger partial charge in [-0.3, -0.25) is 0 Å². The molecule has 96 valence electrons. The molecule has 4 heteroatoms. The van der Waals surface area contributed by atoms with Crippen molar-refractivity contribution in [3.63, 3.8) is 0 Å². The van der Waals surface area contributed by atoms with Crippen LogP contribution in [0, 0.1) is 0 Å². The summed E-state index contributed by atoms with van der Waals surface area (Å²) in [6, 6.07) is 1.96. The molecule has 1 N–H and O–H groups in total. The first kappa shape index (κ1) is 12.6. The van der Waals surface area contributed by atoms with Gasteiger partial charge in [0, 0.05) is 31.8 Å². The standard InChI is InChI=1S/C14H20N4/c1-6-13-15-8-7-12(16-13)14(4)9-10(2)18(5)11(3)17-14/h7-8,17H,2-3,6,9H2,1,4-5H3/t14-/m0/s1. The van der Waals surface area contributed by atoms with E-state index in [0.717, 1.165) is 35.9 Å². The summed E-state index contributed by atoms with van der Waals surface area (Å²) in [5.74, 6) is 1.72. The van der Waals surface area contributed by atoms with Crippen LogP contribution in [0.1, 0.15) is 31.8 Å². The maximum absolute atomic E-state index is 4.61. The number of hydrogen-bond acceptors (Lipinski definition) is 4. The molecule has 0 unspecified atom stereocenters. The second kappa shape index (κ2) is 4.44. The van der Waals surface area contributed by atoms with Crippen molar-refractivity contribution < 1.29 is 0 Å². The van der Waals surface area contributed by atoms with E-state index in [1.807, 2.05) is 24.2 Å². The average molecular weight is 244 g/mol. The predicted octanol–water partition coefficient (Wildman–Crippen LogP) is 2.16. The molecule has 1 fully saturated rings. The first-order valence-electron chi connectivity index (χ1n) is 6.17. The van der Waals surface area contributed by atoms with Gasteiger partial charge in [-0.15, -0.1) is 0 Å². The van der Waals surface area contributed by atoms with E-state index in [1.165, 1.54) is 0 Å². The molecule has 1 aromatic rings. The summed E-state index contributed by atoms with van der Waals surface area (Å²) < 4.78 is 0. The zero-order valence-electron chi connectivity index (χ0n) is 11.3. The molecule has 4 nitrogen and oxygen atoms in total. The molecule has 0 bridgehead atoms. The van der Waals surface area contributed by atoms with Gasteiger partial charge in [0.15, 0.2) is 0 Å². The average Bonchev–Trinajstić information content (AvgIpc) is 2.36. The van der Waals surface area contributed by atoms with E-state index in [4.69, 9.17) is 0 Å². The van der Waals surface area contributed by atoms with Gasteiger partial charge < -0.3 is 10.2 Å². The minimum atomic E-state index is -0.256. The molecule has 2 rings (SSSR count). The van der Waals surface area contributed by atoms with Gasteiger partial charge in [0.05, 0.1) is 17.1 Å². The van der Waals surface area contributed by atoms with Crippen molar-refractivity contribution in [3.05, 3.63) is 48.5 Å². The van der Waals surface area contributed by atoms with E-state index < -0.39 is 0 Å². The molecule has 0 saturated carbocycles. The Morgan fingerprint density at radius 1 is 1.50 bits per heavy atom. The lowest BCUT2D eigenvalue weighted by Crippen LogP contribution is -2.49. The Morgan fingerprint density at radius 3 is 2.83 bits per heavy atom. The van der Waals surface area contributed by atoms with Crippen LogP contribution in [0.4, 0.5) is 0 Å². The van der Waals surface area contributed by atoms with E-state index >= 15 is 0 Å². The van der Waals surface area contributed by atoms with Gasteiger partial charge in [0.25, 0.3) is 0 Å². The highest BCUT2D eigenvalue weighted by Gasteiger charge is 2.35. The van der Waals surface area contributed by atoms with Crippen LogP contribution in [0.15, 0.2) is 36.9 Å². The van der Waals surface area contributed by atoms with Crippen LogP contribution in [0.25, 0.3) is 0 Å². The van der Waals surface area contributed by atoms with Gasteiger partial charge >= 0.3 is 0 Å². The summed E-state index contributed by atoms with van der Waals surface area (Å²) in [7, 11) is 1.97. The maximum Gasteiger partial charge on any atom is 0.128 e. The molecule has 2 heterocycles. The summed E-state index contributed by atoms with van der Waals surface area (Å²) in [5, 5.41) is 3.42. The molecule has 1 aromatic heterocycles. The third-order valence-corrected chi connectivity index (χ3v) is 3.44. The second-order valence-corrected chi connectivity index (χ2v) is 4.92. The molecule has 1 aliphatic rings. The first-order valence-corrected chi connectivity index (χ1v) is 6.17. The maximum atomic E-state index is 4.61. The van der Waals surface area contributed by atoms with Crippen molar-refractivity contribution in [2.75, 3.05) is 7.05 Å². The molecular formula is C14H20N4. The topological polar surface area (TPSA) is 41.1 Å². The van der Waals surface area contributed by atoms with E-state index in [1.54, 1.807) is 0 Å². The van der Waals surface area contributed by atoms with Crippen LogP contribution in [0.3, 0.4) is 0 Å². The Kier molecular flexibility index (Phi) is 3.11. The molecule has 0 amide bonds. The lowest BCUT2D eigenvalue weighted by Gasteiger charge is -2.42. The molecular weight excluding hydrogens is 224 g/mol. The normalized spacial score (nSPS) is 24.1. The largest absolute Gasteiger partial charge is 0.361 e. The van der Waals surface area contributed by atoms with Gasteiger partial charge in [0.2, 0.25) is 0 Å². The van der Waals surface area contributed by atoms with Crippen molar-refractivity contribution >= 4 is 0 Å². The van der Waals surface area contributed by atoms with Crippen molar-refractivity contribution in [1.29, 1.82) is 0 Å². The zero-order valence-corrected chi connectivity index (χ0v) is 11.3. The highest BCUT2D eigenvalue weighted by molar-refractivity contribution is 5.25. The Balaban J connectivity index is 2.36. The Labute approximate surface area is 108 Å². The van der Waals surface area contributed by atoms with E-state index in [2.05, 4.69) is 42.3 Å². The monoisotopic (exact) mass is 244 g/mol. The van der Waals surface area contributed by atoms with Crippen LogP contribution in [-0.2, 0) is 12.0 Å². The highest BCUT2D eigenvalue weighted by atomic mass is 15.3. The minimum absolute atomic E-state index is 0.256. The molecule has 0 radical (unpaired) electrons. The summed E-state index contributed by atoms with van der Waals surface area (Å²) in [6.45, 7) is 12.3. The van der Waals surface area contributed by atoms with Crippen LogP contribution >= 0.6 is 0 Å². The minimum Gasteiger partial charge on any atom is -0.361 e. The van der Waals surface area contributed by atoms with Gasteiger partial charge in [0.1, 0.15) is 5.82 Å². The lowest BCUT2D eigenvalue weighted by molar-refractivity contribution is 0.262. The third-order valence-electron chi connectivity index (χ3n) is 3.44. The fraction of sp³-hybridized carbons (Fsp3) is 0.429. The first-order chi connectivity index (χ1) is 8.46. The SMILES string of the molecule is C=C1C[C@@](C)(c2ccnc(CC)n2)NC(=C)N1C. The van der Waals surface area contributed by atoms with Crippen molar-refractivity contribution in [3.8, 4) is 0 Å². The summed E-state index contributed by atoms with van der Waals surface area (Å²) >= 11 is 0. The highest BCUT2D eigenvalue weighted by Crippen LogP contribution is 2.33. The molecule has 1 aliphatic heterocycles. The molecule has 1 atom stereocenters. The lowest BCUT2D eigenvalue weighted by atomic mass is 9.89. The molecule has 18 heavy (non-hydrogen) atoms. The molecule has 0 aliphatic carbocycles. The van der Waals surface area contributed by atoms with E-state index in [9.17, 15) is 0 Å². The van der Waals surface area contributed by atoms with Crippen molar-refractivity contribution in [1.82, 2.24) is 20.2 Å². The zero-order chi connectivity index (χ0) is 13.3. The molecule has 0 spiro atoms. The van der Waals surface area contributed by atoms with Crippen LogP contribution < -0.4 is 5.32 Å². The quantitative estimate of drug-likeness (QED) is 0.865. The van der Waals surface area contributed by atoms with Gasteiger partial charge in [-0.1, -0.05) is 20.1 Å². The van der Waals surface area contributed by atoms with Crippen LogP contribution in [-0.4, -0.2) is 21.9 Å². The Hall–Kier alpha value is -1.84. The number of hydrogen-bond donors (Lipinski definition) is 1. The third kappa shape index (κ3) is 2.10. The Morgan fingerprint density at radius 2 is 2.22 bits per heavy atom. The number of nitrogens with zero attached hydrogens (tertiary/aromatic N) is 3. The van der Waals surface area contributed by atoms with E-state index in [-0.39, 0.29) is 5.54 Å². The number of aryl methyl sites for hydroxylation is 1. The summed E-state index contributed by atoms with van der Waals surface area (Å²) in [6.07, 6.45) is 3.46. The van der Waals surface area contributed by atoms with Gasteiger partial charge in [-0.05, 0) is 13.0 Å². The van der Waals surface area contributed by atoms with Crippen molar-refractivity contribution in [2.45, 2.75) is 32.2 Å². The fourth-order valence-electron chi connectivity index (χ4n) is 2.20. The predicted molar refractivity (Wildman–Crippen MR) is 72.6 cm³/mol. The molecule has 1 saturated heterocycles. The fourth-order valence-corrected chi connectivity index (χ4v) is 2.20. The number of aromatic nitrogens is 2. The van der Waals surface area contributed by atoms with Crippen molar-refractivity contribution in [2.24, 2.45) is 0 Å². The summed E-state index contributed by atoms with van der Waals surface area (Å²) in [4.78, 5) is 10.8. The number of rotatable bonds is 2. The van der Waals surface area contributed by atoms with Gasteiger partial charge in [-0.2, -0.15) is 0 Å².